The number of hydrogen-bond donors (Lipinski definition) is 2. The van der Waals surface area contributed by atoms with Crippen molar-refractivity contribution in [3.63, 3.8) is 0 Å². The summed E-state index contributed by atoms with van der Waals surface area (Å²) in [6.45, 7) is 2.35. The van der Waals surface area contributed by atoms with Gasteiger partial charge in [0.15, 0.2) is 0 Å². The quantitative estimate of drug-likeness (QED) is 0.349. The van der Waals surface area contributed by atoms with Crippen LogP contribution < -0.4 is 10.2 Å². The van der Waals surface area contributed by atoms with Crippen LogP contribution in [-0.2, 0) is 26.0 Å². The van der Waals surface area contributed by atoms with Gasteiger partial charge in [0, 0.05) is 76.3 Å². The molecular weight excluding hydrogens is 599 g/mol. The van der Waals surface area contributed by atoms with Gasteiger partial charge in [-0.05, 0) is 24.1 Å². The maximum Gasteiger partial charge on any atom is 0.490 e. The zero-order valence-electron chi connectivity index (χ0n) is 24.9. The second-order valence-electron chi connectivity index (χ2n) is 10.3. The van der Waals surface area contributed by atoms with E-state index in [1.807, 2.05) is 55.4 Å². The number of anilines is 1. The van der Waals surface area contributed by atoms with Crippen molar-refractivity contribution in [3.05, 3.63) is 71.8 Å². The van der Waals surface area contributed by atoms with Gasteiger partial charge in [-0.3, -0.25) is 9.79 Å². The average molecular weight is 636 g/mol. The van der Waals surface area contributed by atoms with Gasteiger partial charge in [0.2, 0.25) is 15.9 Å². The summed E-state index contributed by atoms with van der Waals surface area (Å²) in [4.78, 5) is 30.0. The largest absolute Gasteiger partial charge is 0.490 e. The molecule has 238 valence electrons. The summed E-state index contributed by atoms with van der Waals surface area (Å²) < 4.78 is 59.8. The van der Waals surface area contributed by atoms with Gasteiger partial charge in [0.05, 0.1) is 11.4 Å². The molecule has 14 heteroatoms. The molecular formula is C30H36F3N5O5S. The maximum absolute atomic E-state index is 13.4. The van der Waals surface area contributed by atoms with E-state index in [1.54, 1.807) is 24.1 Å². The Bertz CT molecular complexity index is 1610. The third-order valence-corrected chi connectivity index (χ3v) is 8.89. The number of benzene rings is 3. The predicted octanol–water partition coefficient (Wildman–Crippen LogP) is 3.60. The fraction of sp³-hybridized carbons (Fsp3) is 0.367. The molecule has 0 bridgehead atoms. The van der Waals surface area contributed by atoms with Crippen LogP contribution in [0.25, 0.3) is 10.8 Å². The van der Waals surface area contributed by atoms with Gasteiger partial charge < -0.3 is 20.2 Å². The van der Waals surface area contributed by atoms with Gasteiger partial charge in [0.1, 0.15) is 5.84 Å². The monoisotopic (exact) mass is 635 g/mol. The lowest BCUT2D eigenvalue weighted by Gasteiger charge is -2.22. The Balaban J connectivity index is 0.000000676. The third kappa shape index (κ3) is 8.69. The molecule has 3 aromatic carbocycles. The van der Waals surface area contributed by atoms with Crippen molar-refractivity contribution in [1.82, 2.24) is 14.5 Å². The number of alkyl halides is 3. The lowest BCUT2D eigenvalue weighted by molar-refractivity contribution is -0.192. The molecule has 44 heavy (non-hydrogen) atoms. The zero-order valence-corrected chi connectivity index (χ0v) is 25.7. The Morgan fingerprint density at radius 1 is 0.932 bits per heavy atom. The number of aliphatic carboxylic acids is 1. The molecule has 0 aromatic heterocycles. The fourth-order valence-corrected chi connectivity index (χ4v) is 5.83. The normalized spacial score (nSPS) is 13.1. The number of halogens is 3. The summed E-state index contributed by atoms with van der Waals surface area (Å²) in [7, 11) is 3.39. The molecule has 0 saturated heterocycles. The second-order valence-corrected chi connectivity index (χ2v) is 12.3. The third-order valence-electron chi connectivity index (χ3n) is 6.98. The van der Waals surface area contributed by atoms with Crippen LogP contribution in [0.4, 0.5) is 18.9 Å². The molecule has 1 heterocycles. The molecule has 3 aromatic rings. The summed E-state index contributed by atoms with van der Waals surface area (Å²) in [6.07, 6.45) is -4.24. The number of nitrogens with zero attached hydrogens (tertiary/aromatic N) is 4. The van der Waals surface area contributed by atoms with E-state index in [1.165, 1.54) is 11.4 Å². The first-order valence-corrected chi connectivity index (χ1v) is 15.1. The number of amidine groups is 1. The van der Waals surface area contributed by atoms with E-state index in [2.05, 4.69) is 22.4 Å². The highest BCUT2D eigenvalue weighted by Crippen LogP contribution is 2.31. The molecule has 10 nitrogen and oxygen atoms in total. The molecule has 0 saturated carbocycles. The van der Waals surface area contributed by atoms with Crippen LogP contribution in [0.2, 0.25) is 0 Å². The Morgan fingerprint density at radius 2 is 1.55 bits per heavy atom. The first kappa shape index (κ1) is 34.3. The summed E-state index contributed by atoms with van der Waals surface area (Å²) in [5.41, 5.74) is 3.15. The maximum atomic E-state index is 13.4. The minimum Gasteiger partial charge on any atom is -0.475 e. The van der Waals surface area contributed by atoms with Gasteiger partial charge in [-0.2, -0.15) is 13.2 Å². The summed E-state index contributed by atoms with van der Waals surface area (Å²) in [5.74, 6) is -1.91. The molecule has 0 spiro atoms. The Labute approximate surface area is 254 Å². The lowest BCUT2D eigenvalue weighted by atomic mass is 10.1. The zero-order chi connectivity index (χ0) is 32.7. The van der Waals surface area contributed by atoms with E-state index in [0.29, 0.717) is 11.9 Å². The Kier molecular flexibility index (Phi) is 11.3. The van der Waals surface area contributed by atoms with Gasteiger partial charge in [-0.15, -0.1) is 0 Å². The van der Waals surface area contributed by atoms with Crippen molar-refractivity contribution >= 4 is 44.2 Å². The molecule has 1 aliphatic rings. The number of aliphatic imine (C=N–C) groups is 1. The predicted molar refractivity (Wildman–Crippen MR) is 164 cm³/mol. The number of carbonyl (C=O) groups is 2. The minimum absolute atomic E-state index is 0.0870. The lowest BCUT2D eigenvalue weighted by Crippen LogP contribution is -2.34. The van der Waals surface area contributed by atoms with Crippen molar-refractivity contribution < 1.29 is 36.3 Å². The van der Waals surface area contributed by atoms with Gasteiger partial charge in [-0.25, -0.2) is 17.5 Å². The number of carboxylic acid groups (broad SMARTS) is 1. The first-order chi connectivity index (χ1) is 20.6. The van der Waals surface area contributed by atoms with Gasteiger partial charge >= 0.3 is 12.1 Å². The highest BCUT2D eigenvalue weighted by molar-refractivity contribution is 7.89. The summed E-state index contributed by atoms with van der Waals surface area (Å²) >= 11 is 0. The van der Waals surface area contributed by atoms with Crippen LogP contribution in [0.3, 0.4) is 0 Å². The molecule has 4 rings (SSSR count). The fourth-order valence-electron chi connectivity index (χ4n) is 4.45. The molecule has 1 amide bonds. The smallest absolute Gasteiger partial charge is 0.475 e. The number of amides is 1. The van der Waals surface area contributed by atoms with E-state index in [9.17, 15) is 26.4 Å². The number of carbonyl (C=O) groups excluding carboxylic acids is 1. The number of fused-ring (bicyclic) bond motifs is 1. The van der Waals surface area contributed by atoms with Crippen molar-refractivity contribution in [1.29, 1.82) is 0 Å². The summed E-state index contributed by atoms with van der Waals surface area (Å²) in [5, 5.41) is 11.9. The van der Waals surface area contributed by atoms with Crippen molar-refractivity contribution in [2.24, 2.45) is 4.99 Å². The van der Waals surface area contributed by atoms with Crippen LogP contribution >= 0.6 is 0 Å². The van der Waals surface area contributed by atoms with Crippen LogP contribution in [0.15, 0.2) is 70.6 Å². The molecule has 0 fully saturated rings. The Hall–Kier alpha value is -4.17. The van der Waals surface area contributed by atoms with Crippen LogP contribution in [0.5, 0.6) is 0 Å². The van der Waals surface area contributed by atoms with Crippen LogP contribution in [0, 0.1) is 0 Å². The number of carboxylic acids is 1. The van der Waals surface area contributed by atoms with E-state index in [-0.39, 0.29) is 23.8 Å². The molecule has 2 N–H and O–H groups in total. The number of hydrogen-bond acceptors (Lipinski definition) is 7. The van der Waals surface area contributed by atoms with Gasteiger partial charge in [-0.1, -0.05) is 48.5 Å². The highest BCUT2D eigenvalue weighted by atomic mass is 32.2. The van der Waals surface area contributed by atoms with Crippen LogP contribution in [-0.4, -0.2) is 101 Å². The first-order valence-electron chi connectivity index (χ1n) is 13.7. The highest BCUT2D eigenvalue weighted by Gasteiger charge is 2.38. The van der Waals surface area contributed by atoms with Crippen molar-refractivity contribution in [2.45, 2.75) is 23.9 Å². The van der Waals surface area contributed by atoms with Crippen molar-refractivity contribution in [3.8, 4) is 0 Å². The van der Waals surface area contributed by atoms with Crippen molar-refractivity contribution in [2.75, 3.05) is 59.3 Å². The standard InChI is InChI=1S/C28H35N5O3S.C2HF3O2/c1-31(2)25-9-5-8-24-23(25)7-6-10-26(24)37(35,36)33(4)20-16-27(34)32(3)19-15-21-11-13-22(14-12-21)28-29-17-18-30-28;3-2(4,5)1(6)7/h5-14H,15-20H2,1-4H3,(H,29,30);(H,6,7). The van der Waals surface area contributed by atoms with E-state index >= 15 is 0 Å². The Morgan fingerprint density at radius 3 is 2.11 bits per heavy atom. The number of sulfonamides is 1. The SMILES string of the molecule is CN(CCc1ccc(C2=NCCN2)cc1)C(=O)CCN(C)S(=O)(=O)c1cccc2c(N(C)C)cccc12.O=C(O)C(F)(F)F. The topological polar surface area (TPSA) is 123 Å². The molecule has 0 aliphatic carbocycles. The van der Waals surface area contributed by atoms with E-state index in [0.717, 1.165) is 47.5 Å². The minimum atomic E-state index is -5.08. The van der Waals surface area contributed by atoms with Crippen LogP contribution in [0.1, 0.15) is 17.5 Å². The molecule has 0 atom stereocenters. The van der Waals surface area contributed by atoms with E-state index in [4.69, 9.17) is 9.90 Å². The number of likely N-dealkylation sites (N-methyl/N-ethyl adjacent to an activating group) is 1. The molecule has 0 radical (unpaired) electrons. The second kappa shape index (κ2) is 14.5. The number of nitrogens with one attached hydrogen (secondary N) is 1. The van der Waals surface area contributed by atoms with E-state index < -0.39 is 22.2 Å². The average Bonchev–Trinajstić information content (AvgIpc) is 3.53. The van der Waals surface area contributed by atoms with Gasteiger partial charge in [0.25, 0.3) is 0 Å². The number of rotatable bonds is 10. The summed E-state index contributed by atoms with van der Waals surface area (Å²) in [6, 6.07) is 19.2. The molecule has 0 unspecified atom stereocenters. The molecule has 1 aliphatic heterocycles.